The molecule has 0 radical (unpaired) electrons. The van der Waals surface area contributed by atoms with Crippen LogP contribution in [0.15, 0.2) is 112 Å². The van der Waals surface area contributed by atoms with Gasteiger partial charge >= 0.3 is 0 Å². The van der Waals surface area contributed by atoms with E-state index in [4.69, 9.17) is 0 Å². The highest BCUT2D eigenvalue weighted by atomic mass is 32.3. The monoisotopic (exact) mass is 699 g/mol. The molecule has 0 saturated heterocycles. The van der Waals surface area contributed by atoms with Crippen molar-refractivity contribution in [1.82, 2.24) is 4.98 Å². The number of anilines is 4. The summed E-state index contributed by atoms with van der Waals surface area (Å²) in [6.07, 6.45) is 0. The molecule has 10 nitrogen and oxygen atoms in total. The number of fused-ring (bicyclic) bond motifs is 2. The number of nitrogens with one attached hydrogen (secondary N) is 1. The Morgan fingerprint density at radius 1 is 0.646 bits per heavy atom. The second-order valence-corrected chi connectivity index (χ2v) is 16.1. The van der Waals surface area contributed by atoms with Crippen molar-refractivity contribution in [1.29, 1.82) is 0 Å². The van der Waals surface area contributed by atoms with Crippen molar-refractivity contribution in [3.8, 4) is 11.3 Å². The van der Waals surface area contributed by atoms with E-state index in [1.807, 2.05) is 62.3 Å². The maximum Gasteiger partial charge on any atom is 0.278 e. The molecule has 48 heavy (non-hydrogen) atoms. The summed E-state index contributed by atoms with van der Waals surface area (Å²) in [5.74, 6) is -0.255. The summed E-state index contributed by atoms with van der Waals surface area (Å²) in [4.78, 5) is 19.4. The molecule has 0 aliphatic rings. The van der Waals surface area contributed by atoms with E-state index in [1.54, 1.807) is 53.9 Å². The lowest BCUT2D eigenvalue weighted by atomic mass is 10.1. The van der Waals surface area contributed by atoms with E-state index in [1.165, 1.54) is 42.5 Å². The number of benzene rings is 5. The van der Waals surface area contributed by atoms with Gasteiger partial charge in [-0.2, -0.15) is 20.5 Å². The second kappa shape index (κ2) is 12.6. The minimum atomic E-state index is -4.76. The predicted octanol–water partition coefficient (Wildman–Crippen LogP) is 6.79. The average Bonchev–Trinajstić information content (AvgIpc) is 3.51. The van der Waals surface area contributed by atoms with Gasteiger partial charge in [-0.15, -0.1) is 11.3 Å². The van der Waals surface area contributed by atoms with Gasteiger partial charge in [0.15, 0.2) is 5.13 Å². The van der Waals surface area contributed by atoms with E-state index >= 15 is 0 Å². The molecule has 13 heteroatoms. The first-order valence-electron chi connectivity index (χ1n) is 14.8. The fourth-order valence-corrected chi connectivity index (χ4v) is 10.6. The highest BCUT2D eigenvalue weighted by Gasteiger charge is 2.39. The summed E-state index contributed by atoms with van der Waals surface area (Å²) >= 11 is 1.24. The van der Waals surface area contributed by atoms with Crippen LogP contribution in [0.25, 0.3) is 32.8 Å². The molecule has 1 heterocycles. The van der Waals surface area contributed by atoms with Gasteiger partial charge in [0.2, 0.25) is 5.91 Å². The topological polar surface area (TPSA) is 120 Å². The fourth-order valence-electron chi connectivity index (χ4n) is 5.71. The van der Waals surface area contributed by atoms with Gasteiger partial charge in [0.05, 0.1) is 21.2 Å². The first kappa shape index (κ1) is 32.9. The van der Waals surface area contributed by atoms with Crippen LogP contribution in [0.1, 0.15) is 6.92 Å². The van der Waals surface area contributed by atoms with E-state index in [0.717, 1.165) is 11.4 Å². The summed E-state index contributed by atoms with van der Waals surface area (Å²) in [5, 5.41) is 6.92. The molecule has 0 atom stereocenters. The van der Waals surface area contributed by atoms with Gasteiger partial charge in [-0.3, -0.25) is 4.79 Å². The van der Waals surface area contributed by atoms with Crippen molar-refractivity contribution < 1.29 is 21.6 Å². The molecule has 0 spiro atoms. The number of rotatable bonds is 9. The number of sulfonamides is 2. The number of carbonyl (C=O) groups is 1. The van der Waals surface area contributed by atoms with Crippen LogP contribution in [0.3, 0.4) is 0 Å². The van der Waals surface area contributed by atoms with Crippen molar-refractivity contribution in [3.05, 3.63) is 102 Å². The molecule has 0 aliphatic carbocycles. The number of hydrogen-bond acceptors (Lipinski definition) is 9. The normalized spacial score (nSPS) is 11.9. The SMILES string of the molecule is CC(=O)Nc1nc(-c2ccc(N(S(=O)(=O)c3cccc4c(N(C)C)cccc34)S(=O)(=O)c3cccc4c(N(C)C)cccc34)cc2)cs1. The van der Waals surface area contributed by atoms with Gasteiger partial charge in [-0.25, -0.2) is 4.98 Å². The molecule has 0 aliphatic heterocycles. The van der Waals surface area contributed by atoms with Gasteiger partial charge in [0, 0.05) is 79.0 Å². The Balaban J connectivity index is 1.58. The van der Waals surface area contributed by atoms with Gasteiger partial charge in [-0.1, -0.05) is 60.7 Å². The zero-order valence-corrected chi connectivity index (χ0v) is 29.3. The summed E-state index contributed by atoms with van der Waals surface area (Å²) in [5.41, 5.74) is 2.66. The summed E-state index contributed by atoms with van der Waals surface area (Å²) in [6.45, 7) is 1.39. The Bertz CT molecular complexity index is 2280. The number of hydrogen-bond donors (Lipinski definition) is 1. The summed E-state index contributed by atoms with van der Waals surface area (Å²) < 4.78 is 60.1. The smallest absolute Gasteiger partial charge is 0.278 e. The van der Waals surface area contributed by atoms with E-state index in [9.17, 15) is 21.6 Å². The first-order valence-corrected chi connectivity index (χ1v) is 18.6. The standard InChI is InChI=1S/C35H33N5O5S3/c1-23(41)36-35-37-30(22-46-35)24-18-20-25(21-19-24)40(47(42,43)33-16-8-10-26-28(33)12-6-14-31(26)38(2)3)48(44,45)34-17-9-11-27-29(34)13-7-15-32(27)39(4)5/h6-22H,1-5H3,(H,36,37,41). The van der Waals surface area contributed by atoms with Crippen LogP contribution in [0.2, 0.25) is 0 Å². The van der Waals surface area contributed by atoms with Crippen LogP contribution < -0.4 is 18.8 Å². The third-order valence-corrected chi connectivity index (χ3v) is 12.9. The Hall–Kier alpha value is -4.98. The minimum Gasteiger partial charge on any atom is -0.377 e. The van der Waals surface area contributed by atoms with E-state index in [0.29, 0.717) is 41.6 Å². The predicted molar refractivity (Wildman–Crippen MR) is 195 cm³/mol. The van der Waals surface area contributed by atoms with Crippen LogP contribution in [-0.4, -0.2) is 55.9 Å². The molecule has 1 N–H and O–H groups in total. The molecule has 0 fully saturated rings. The summed E-state index contributed by atoms with van der Waals surface area (Å²) in [6, 6.07) is 26.5. The first-order chi connectivity index (χ1) is 22.8. The second-order valence-electron chi connectivity index (χ2n) is 11.5. The highest BCUT2D eigenvalue weighted by Crippen LogP contribution is 2.39. The largest absolute Gasteiger partial charge is 0.377 e. The van der Waals surface area contributed by atoms with Gasteiger partial charge in [0.1, 0.15) is 0 Å². The average molecular weight is 700 g/mol. The van der Waals surface area contributed by atoms with Crippen molar-refractivity contribution >= 4 is 81.0 Å². The Morgan fingerprint density at radius 2 is 1.10 bits per heavy atom. The molecule has 1 amide bonds. The van der Waals surface area contributed by atoms with Crippen LogP contribution in [-0.2, 0) is 24.8 Å². The third kappa shape index (κ3) is 5.84. The number of amides is 1. The Morgan fingerprint density at radius 3 is 1.56 bits per heavy atom. The minimum absolute atomic E-state index is 0.0717. The van der Waals surface area contributed by atoms with Crippen molar-refractivity contribution in [2.45, 2.75) is 16.7 Å². The number of nitrogens with zero attached hydrogens (tertiary/aromatic N) is 4. The molecule has 1 aromatic heterocycles. The Kier molecular flexibility index (Phi) is 8.62. The highest BCUT2D eigenvalue weighted by molar-refractivity contribution is 8.10. The van der Waals surface area contributed by atoms with Crippen LogP contribution in [0, 0.1) is 0 Å². The van der Waals surface area contributed by atoms with E-state index < -0.39 is 20.0 Å². The molecule has 0 saturated carbocycles. The molecule has 0 bridgehead atoms. The molecular formula is C35H33N5O5S3. The molecular weight excluding hydrogens is 667 g/mol. The summed E-state index contributed by atoms with van der Waals surface area (Å²) in [7, 11) is -2.07. The van der Waals surface area contributed by atoms with Gasteiger partial charge < -0.3 is 15.1 Å². The van der Waals surface area contributed by atoms with E-state index in [2.05, 4.69) is 10.3 Å². The van der Waals surface area contributed by atoms with Crippen molar-refractivity contribution in [2.24, 2.45) is 0 Å². The number of thiazole rings is 1. The number of carbonyl (C=O) groups excluding carboxylic acids is 1. The van der Waals surface area contributed by atoms with Crippen LogP contribution in [0.5, 0.6) is 0 Å². The molecule has 5 aromatic carbocycles. The molecule has 6 rings (SSSR count). The Labute approximate surface area is 284 Å². The van der Waals surface area contributed by atoms with Crippen LogP contribution >= 0.6 is 11.3 Å². The maximum atomic E-state index is 14.9. The lowest BCUT2D eigenvalue weighted by molar-refractivity contribution is -0.114. The number of aromatic nitrogens is 1. The fraction of sp³-hybridized carbons (Fsp3) is 0.143. The zero-order chi connectivity index (χ0) is 34.4. The van der Waals surface area contributed by atoms with Gasteiger partial charge in [0.25, 0.3) is 20.0 Å². The third-order valence-electron chi connectivity index (χ3n) is 7.84. The van der Waals surface area contributed by atoms with Gasteiger partial charge in [-0.05, 0) is 36.4 Å². The van der Waals surface area contributed by atoms with Crippen molar-refractivity contribution in [2.75, 3.05) is 47.0 Å². The van der Waals surface area contributed by atoms with Crippen molar-refractivity contribution in [3.63, 3.8) is 0 Å². The van der Waals surface area contributed by atoms with Crippen LogP contribution in [0.4, 0.5) is 22.2 Å². The lowest BCUT2D eigenvalue weighted by Crippen LogP contribution is -2.37. The molecule has 246 valence electrons. The maximum absolute atomic E-state index is 14.9. The molecule has 0 unspecified atom stereocenters. The zero-order valence-electron chi connectivity index (χ0n) is 26.9. The van der Waals surface area contributed by atoms with E-state index in [-0.39, 0.29) is 21.4 Å². The molecule has 6 aromatic rings. The lowest BCUT2D eigenvalue weighted by Gasteiger charge is -2.26. The quantitative estimate of drug-likeness (QED) is 0.175.